The first-order valence-electron chi connectivity index (χ1n) is 6.28. The molecule has 1 heteroatoms. The maximum absolute atomic E-state index is 10.4. The zero-order chi connectivity index (χ0) is 10.6. The second kappa shape index (κ2) is 5.16. The zero-order valence-corrected chi connectivity index (χ0v) is 10.1. The van der Waals surface area contributed by atoms with Gasteiger partial charge in [0.1, 0.15) is 0 Å². The van der Waals surface area contributed by atoms with Gasteiger partial charge < -0.3 is 5.11 Å². The van der Waals surface area contributed by atoms with Gasteiger partial charge in [0, 0.05) is 0 Å². The smallest absolute Gasteiger partial charge is 0.0650 e. The number of hydrogen-bond acceptors (Lipinski definition) is 1. The fourth-order valence-corrected chi connectivity index (χ4v) is 3.01. The first-order chi connectivity index (χ1) is 6.56. The average Bonchev–Trinajstić information content (AvgIpc) is 2.54. The van der Waals surface area contributed by atoms with Crippen molar-refractivity contribution in [2.75, 3.05) is 0 Å². The van der Waals surface area contributed by atoms with E-state index in [1.54, 1.807) is 0 Å². The maximum atomic E-state index is 10.4. The molecule has 84 valence electrons. The SMILES string of the molecule is CCCC(C)CC(C)(O)C1CCCC1. The molecule has 1 nitrogen and oxygen atoms in total. The van der Waals surface area contributed by atoms with Crippen molar-refractivity contribution >= 4 is 0 Å². The molecule has 14 heavy (non-hydrogen) atoms. The van der Waals surface area contributed by atoms with Crippen LogP contribution in [0.15, 0.2) is 0 Å². The highest BCUT2D eigenvalue weighted by atomic mass is 16.3. The Kier molecular flexibility index (Phi) is 4.43. The lowest BCUT2D eigenvalue weighted by Crippen LogP contribution is -2.34. The predicted octanol–water partition coefficient (Wildman–Crippen LogP) is 3.75. The normalized spacial score (nSPS) is 24.9. The van der Waals surface area contributed by atoms with E-state index >= 15 is 0 Å². The molecular weight excluding hydrogens is 172 g/mol. The van der Waals surface area contributed by atoms with E-state index in [0.29, 0.717) is 11.8 Å². The average molecular weight is 198 g/mol. The third-order valence-corrected chi connectivity index (χ3v) is 3.78. The summed E-state index contributed by atoms with van der Waals surface area (Å²) < 4.78 is 0. The first kappa shape index (κ1) is 12.0. The van der Waals surface area contributed by atoms with Crippen LogP contribution in [0.25, 0.3) is 0 Å². The van der Waals surface area contributed by atoms with Gasteiger partial charge in [0.05, 0.1) is 5.60 Å². The molecule has 0 heterocycles. The van der Waals surface area contributed by atoms with Crippen LogP contribution in [0.5, 0.6) is 0 Å². The molecule has 1 rings (SSSR count). The largest absolute Gasteiger partial charge is 0.390 e. The van der Waals surface area contributed by atoms with Crippen LogP contribution in [0.4, 0.5) is 0 Å². The highest BCUT2D eigenvalue weighted by Crippen LogP contribution is 2.37. The Morgan fingerprint density at radius 2 is 1.93 bits per heavy atom. The molecule has 0 aromatic carbocycles. The Balaban J connectivity index is 2.39. The van der Waals surface area contributed by atoms with Crippen LogP contribution in [0, 0.1) is 11.8 Å². The van der Waals surface area contributed by atoms with Crippen molar-refractivity contribution in [2.24, 2.45) is 11.8 Å². The van der Waals surface area contributed by atoms with Gasteiger partial charge in [-0.05, 0) is 38.0 Å². The summed E-state index contributed by atoms with van der Waals surface area (Å²) in [5.41, 5.74) is -0.398. The molecule has 0 bridgehead atoms. The van der Waals surface area contributed by atoms with E-state index < -0.39 is 5.60 Å². The van der Waals surface area contributed by atoms with Gasteiger partial charge in [-0.2, -0.15) is 0 Å². The van der Waals surface area contributed by atoms with Crippen molar-refractivity contribution < 1.29 is 5.11 Å². The lowest BCUT2D eigenvalue weighted by atomic mass is 9.80. The van der Waals surface area contributed by atoms with Crippen molar-refractivity contribution in [2.45, 2.75) is 71.3 Å². The molecule has 0 amide bonds. The summed E-state index contributed by atoms with van der Waals surface area (Å²) in [4.78, 5) is 0. The van der Waals surface area contributed by atoms with Crippen LogP contribution in [-0.2, 0) is 0 Å². The fraction of sp³-hybridized carbons (Fsp3) is 1.00. The number of rotatable bonds is 5. The molecule has 2 unspecified atom stereocenters. The molecule has 1 fully saturated rings. The second-order valence-corrected chi connectivity index (χ2v) is 5.44. The van der Waals surface area contributed by atoms with Crippen LogP contribution in [0.3, 0.4) is 0 Å². The molecule has 1 N–H and O–H groups in total. The predicted molar refractivity (Wildman–Crippen MR) is 61.3 cm³/mol. The van der Waals surface area contributed by atoms with Gasteiger partial charge in [0.15, 0.2) is 0 Å². The van der Waals surface area contributed by atoms with Gasteiger partial charge >= 0.3 is 0 Å². The van der Waals surface area contributed by atoms with Crippen LogP contribution in [-0.4, -0.2) is 10.7 Å². The van der Waals surface area contributed by atoms with Crippen LogP contribution >= 0.6 is 0 Å². The van der Waals surface area contributed by atoms with Crippen molar-refractivity contribution in [1.82, 2.24) is 0 Å². The van der Waals surface area contributed by atoms with Crippen LogP contribution in [0.2, 0.25) is 0 Å². The highest BCUT2D eigenvalue weighted by Gasteiger charge is 2.34. The first-order valence-corrected chi connectivity index (χ1v) is 6.28. The summed E-state index contributed by atoms with van der Waals surface area (Å²) in [6.07, 6.45) is 8.61. The van der Waals surface area contributed by atoms with Gasteiger partial charge in [-0.1, -0.05) is 39.5 Å². The summed E-state index contributed by atoms with van der Waals surface area (Å²) in [6, 6.07) is 0. The molecule has 0 saturated heterocycles. The van der Waals surface area contributed by atoms with Crippen LogP contribution < -0.4 is 0 Å². The van der Waals surface area contributed by atoms with E-state index in [1.807, 2.05) is 0 Å². The molecule has 0 aromatic rings. The summed E-state index contributed by atoms with van der Waals surface area (Å²) >= 11 is 0. The second-order valence-electron chi connectivity index (χ2n) is 5.44. The molecule has 0 aliphatic heterocycles. The van der Waals surface area contributed by atoms with E-state index in [9.17, 15) is 5.11 Å². The third-order valence-electron chi connectivity index (χ3n) is 3.78. The minimum Gasteiger partial charge on any atom is -0.390 e. The van der Waals surface area contributed by atoms with Crippen molar-refractivity contribution in [3.63, 3.8) is 0 Å². The topological polar surface area (TPSA) is 20.2 Å². The quantitative estimate of drug-likeness (QED) is 0.713. The molecule has 2 atom stereocenters. The number of hydrogen-bond donors (Lipinski definition) is 1. The van der Waals surface area contributed by atoms with Gasteiger partial charge in [-0.15, -0.1) is 0 Å². The summed E-state index contributed by atoms with van der Waals surface area (Å²) in [7, 11) is 0. The summed E-state index contributed by atoms with van der Waals surface area (Å²) in [5, 5.41) is 10.4. The van der Waals surface area contributed by atoms with E-state index in [-0.39, 0.29) is 0 Å². The van der Waals surface area contributed by atoms with Gasteiger partial charge in [-0.3, -0.25) is 0 Å². The molecule has 0 aromatic heterocycles. The Morgan fingerprint density at radius 3 is 2.43 bits per heavy atom. The van der Waals surface area contributed by atoms with E-state index in [2.05, 4.69) is 20.8 Å². The van der Waals surface area contributed by atoms with E-state index in [1.165, 1.54) is 38.5 Å². The lowest BCUT2D eigenvalue weighted by Gasteiger charge is -2.32. The van der Waals surface area contributed by atoms with Crippen LogP contribution in [0.1, 0.15) is 65.7 Å². The monoisotopic (exact) mass is 198 g/mol. The minimum absolute atomic E-state index is 0.398. The van der Waals surface area contributed by atoms with Gasteiger partial charge in [0.25, 0.3) is 0 Å². The zero-order valence-electron chi connectivity index (χ0n) is 10.1. The molecule has 1 aliphatic rings. The van der Waals surface area contributed by atoms with Crippen molar-refractivity contribution in [3.8, 4) is 0 Å². The van der Waals surface area contributed by atoms with Crippen molar-refractivity contribution in [3.05, 3.63) is 0 Å². The highest BCUT2D eigenvalue weighted by molar-refractivity contribution is 4.86. The molecular formula is C13H26O. The summed E-state index contributed by atoms with van der Waals surface area (Å²) in [5.74, 6) is 1.25. The Hall–Kier alpha value is -0.0400. The molecule has 1 saturated carbocycles. The standard InChI is InChI=1S/C13H26O/c1-4-7-11(2)10-13(3,14)12-8-5-6-9-12/h11-12,14H,4-10H2,1-3H3. The lowest BCUT2D eigenvalue weighted by molar-refractivity contribution is -0.0192. The summed E-state index contributed by atoms with van der Waals surface area (Å²) in [6.45, 7) is 6.54. The Morgan fingerprint density at radius 1 is 1.36 bits per heavy atom. The van der Waals surface area contributed by atoms with Gasteiger partial charge in [0.2, 0.25) is 0 Å². The number of aliphatic hydroxyl groups is 1. The van der Waals surface area contributed by atoms with E-state index in [4.69, 9.17) is 0 Å². The maximum Gasteiger partial charge on any atom is 0.0650 e. The molecule has 1 aliphatic carbocycles. The third kappa shape index (κ3) is 3.27. The van der Waals surface area contributed by atoms with E-state index in [0.717, 1.165) is 6.42 Å². The van der Waals surface area contributed by atoms with Gasteiger partial charge in [-0.25, -0.2) is 0 Å². The fourth-order valence-electron chi connectivity index (χ4n) is 3.01. The molecule has 0 radical (unpaired) electrons. The van der Waals surface area contributed by atoms with Crippen molar-refractivity contribution in [1.29, 1.82) is 0 Å². The Labute approximate surface area is 88.9 Å². The minimum atomic E-state index is -0.398. The Bertz CT molecular complexity index is 157. The molecule has 0 spiro atoms.